The molecule has 0 atom stereocenters. The Morgan fingerprint density at radius 1 is 0.750 bits per heavy atom. The predicted molar refractivity (Wildman–Crippen MR) is 139 cm³/mol. The van der Waals surface area contributed by atoms with E-state index in [1.165, 1.54) is 12.1 Å². The number of aryl methyl sites for hydroxylation is 4. The molecule has 0 saturated heterocycles. The largest absolute Gasteiger partial charge is 0.507 e. The van der Waals surface area contributed by atoms with Crippen molar-refractivity contribution >= 4 is 11.6 Å². The summed E-state index contributed by atoms with van der Waals surface area (Å²) >= 11 is 0. The molecule has 1 aliphatic heterocycles. The second kappa shape index (κ2) is 8.52. The molecule has 1 heterocycles. The van der Waals surface area contributed by atoms with Crippen LogP contribution in [0.4, 0.5) is 10.1 Å². The van der Waals surface area contributed by atoms with Crippen molar-refractivity contribution < 1.29 is 19.4 Å². The minimum Gasteiger partial charge on any atom is -0.507 e. The molecule has 5 heteroatoms. The molecule has 4 aromatic carbocycles. The summed E-state index contributed by atoms with van der Waals surface area (Å²) in [7, 11) is 0. The summed E-state index contributed by atoms with van der Waals surface area (Å²) in [5.41, 5.74) is 5.44. The van der Waals surface area contributed by atoms with E-state index in [1.807, 2.05) is 76.2 Å². The van der Waals surface area contributed by atoms with Gasteiger partial charge in [-0.15, -0.1) is 0 Å². The number of phenols is 2. The summed E-state index contributed by atoms with van der Waals surface area (Å²) in [4.78, 5) is 16.4. The van der Waals surface area contributed by atoms with E-state index in [1.54, 1.807) is 17.0 Å². The molecule has 4 aromatic rings. The van der Waals surface area contributed by atoms with Crippen molar-refractivity contribution in [1.82, 2.24) is 0 Å². The smallest absolute Gasteiger partial charge is 0.247 e. The normalized spacial score (nSPS) is 14.2. The minimum absolute atomic E-state index is 0.137. The highest BCUT2D eigenvalue weighted by molar-refractivity contribution is 6.13. The first-order chi connectivity index (χ1) is 17.1. The lowest BCUT2D eigenvalue weighted by atomic mass is 9.69. The molecule has 0 bridgehead atoms. The fourth-order valence-electron chi connectivity index (χ4n) is 5.45. The quantitative estimate of drug-likeness (QED) is 0.357. The number of aromatic hydroxyl groups is 2. The number of carbonyl (C=O) groups excluding carboxylic acids is 1. The van der Waals surface area contributed by atoms with Crippen LogP contribution < -0.4 is 4.90 Å². The van der Waals surface area contributed by atoms with Crippen LogP contribution in [0.15, 0.2) is 72.8 Å². The number of halogens is 1. The number of amides is 1. The second-order valence-corrected chi connectivity index (χ2v) is 9.70. The van der Waals surface area contributed by atoms with E-state index >= 15 is 0 Å². The highest BCUT2D eigenvalue weighted by Gasteiger charge is 2.53. The van der Waals surface area contributed by atoms with E-state index in [-0.39, 0.29) is 29.8 Å². The van der Waals surface area contributed by atoms with Crippen molar-refractivity contribution in [3.63, 3.8) is 0 Å². The van der Waals surface area contributed by atoms with Crippen LogP contribution in [0.1, 0.15) is 44.5 Å². The molecule has 0 spiro atoms. The van der Waals surface area contributed by atoms with Gasteiger partial charge in [0.25, 0.3) is 0 Å². The standard InChI is InChI=1S/C31H28FNO3/c1-18-13-23(14-19(2)28(18)34)31(24-15-20(3)29(35)21(4)16-24)26-7-5-6-8-27(26)33(30(31)36)17-22-9-11-25(32)12-10-22/h5-16,34-35H,17H2,1-4H3. The number of nitrogens with zero attached hydrogens (tertiary/aromatic N) is 1. The first-order valence-corrected chi connectivity index (χ1v) is 11.9. The third kappa shape index (κ3) is 3.46. The van der Waals surface area contributed by atoms with Gasteiger partial charge >= 0.3 is 0 Å². The first-order valence-electron chi connectivity index (χ1n) is 11.9. The van der Waals surface area contributed by atoms with Gasteiger partial charge in [-0.25, -0.2) is 4.39 Å². The van der Waals surface area contributed by atoms with E-state index < -0.39 is 5.41 Å². The molecule has 0 aliphatic carbocycles. The van der Waals surface area contributed by atoms with Gasteiger partial charge in [-0.05, 0) is 84.8 Å². The van der Waals surface area contributed by atoms with Crippen LogP contribution >= 0.6 is 0 Å². The van der Waals surface area contributed by atoms with Crippen LogP contribution in [0.5, 0.6) is 11.5 Å². The number of carbonyl (C=O) groups is 1. The Hall–Kier alpha value is -4.12. The number of benzene rings is 4. The average molecular weight is 482 g/mol. The van der Waals surface area contributed by atoms with Gasteiger partial charge in [-0.3, -0.25) is 4.79 Å². The van der Waals surface area contributed by atoms with Crippen LogP contribution in [0, 0.1) is 33.5 Å². The van der Waals surface area contributed by atoms with Gasteiger partial charge < -0.3 is 15.1 Å². The predicted octanol–water partition coefficient (Wildman–Crippen LogP) is 6.35. The van der Waals surface area contributed by atoms with Crippen molar-refractivity contribution in [2.75, 3.05) is 4.90 Å². The Bertz CT molecular complexity index is 1400. The van der Waals surface area contributed by atoms with Crippen LogP contribution in [0.25, 0.3) is 0 Å². The van der Waals surface area contributed by atoms with Gasteiger partial charge in [-0.1, -0.05) is 54.6 Å². The zero-order chi connectivity index (χ0) is 25.8. The van der Waals surface area contributed by atoms with E-state index in [0.29, 0.717) is 22.3 Å². The first kappa shape index (κ1) is 23.6. The van der Waals surface area contributed by atoms with E-state index in [9.17, 15) is 19.4 Å². The summed E-state index contributed by atoms with van der Waals surface area (Å²) in [5, 5.41) is 21.0. The van der Waals surface area contributed by atoms with Crippen LogP contribution in [0.2, 0.25) is 0 Å². The fraction of sp³-hybridized carbons (Fsp3) is 0.194. The maximum absolute atomic E-state index is 14.7. The lowest BCUT2D eigenvalue weighted by molar-refractivity contribution is -0.120. The summed E-state index contributed by atoms with van der Waals surface area (Å²) in [5.74, 6) is -0.0592. The summed E-state index contributed by atoms with van der Waals surface area (Å²) in [6.45, 7) is 7.59. The number of rotatable bonds is 4. The second-order valence-electron chi connectivity index (χ2n) is 9.70. The molecule has 0 aromatic heterocycles. The number of anilines is 1. The molecule has 36 heavy (non-hydrogen) atoms. The zero-order valence-corrected chi connectivity index (χ0v) is 20.8. The molecule has 182 valence electrons. The summed E-state index contributed by atoms with van der Waals surface area (Å²) in [6.07, 6.45) is 0. The molecule has 1 aliphatic rings. The van der Waals surface area contributed by atoms with Crippen molar-refractivity contribution in [3.05, 3.63) is 123 Å². The third-order valence-corrected chi connectivity index (χ3v) is 7.27. The molecule has 0 fully saturated rings. The Balaban J connectivity index is 1.82. The van der Waals surface area contributed by atoms with Crippen molar-refractivity contribution in [2.45, 2.75) is 39.7 Å². The summed E-state index contributed by atoms with van der Waals surface area (Å²) < 4.78 is 13.6. The Morgan fingerprint density at radius 3 is 1.72 bits per heavy atom. The molecule has 0 saturated carbocycles. The van der Waals surface area contributed by atoms with Gasteiger partial charge in [-0.2, -0.15) is 0 Å². The van der Waals surface area contributed by atoms with Gasteiger partial charge in [0, 0.05) is 11.3 Å². The van der Waals surface area contributed by atoms with E-state index in [2.05, 4.69) is 0 Å². The topological polar surface area (TPSA) is 60.8 Å². The minimum atomic E-state index is -1.19. The molecule has 0 unspecified atom stereocenters. The maximum Gasteiger partial charge on any atom is 0.247 e. The fourth-order valence-corrected chi connectivity index (χ4v) is 5.45. The number of hydrogen-bond acceptors (Lipinski definition) is 3. The highest BCUT2D eigenvalue weighted by Crippen LogP contribution is 2.52. The Kier molecular flexibility index (Phi) is 5.59. The number of hydrogen-bond donors (Lipinski definition) is 2. The molecule has 5 rings (SSSR count). The number of phenolic OH excluding ortho intramolecular Hbond substituents is 2. The average Bonchev–Trinajstić information content (AvgIpc) is 3.10. The Labute approximate surface area is 210 Å². The van der Waals surface area contributed by atoms with Gasteiger partial charge in [0.15, 0.2) is 0 Å². The van der Waals surface area contributed by atoms with Crippen LogP contribution in [-0.4, -0.2) is 16.1 Å². The van der Waals surface area contributed by atoms with E-state index in [4.69, 9.17) is 0 Å². The maximum atomic E-state index is 14.7. The zero-order valence-electron chi connectivity index (χ0n) is 20.8. The van der Waals surface area contributed by atoms with Gasteiger partial charge in [0.1, 0.15) is 22.7 Å². The van der Waals surface area contributed by atoms with Crippen LogP contribution in [0.3, 0.4) is 0 Å². The monoisotopic (exact) mass is 481 g/mol. The van der Waals surface area contributed by atoms with Gasteiger partial charge in [0.2, 0.25) is 5.91 Å². The molecule has 4 nitrogen and oxygen atoms in total. The van der Waals surface area contributed by atoms with Crippen molar-refractivity contribution in [1.29, 1.82) is 0 Å². The van der Waals surface area contributed by atoms with Crippen LogP contribution in [-0.2, 0) is 16.8 Å². The van der Waals surface area contributed by atoms with Crippen molar-refractivity contribution in [2.24, 2.45) is 0 Å². The molecular weight excluding hydrogens is 453 g/mol. The third-order valence-electron chi connectivity index (χ3n) is 7.27. The van der Waals surface area contributed by atoms with E-state index in [0.717, 1.165) is 27.9 Å². The number of para-hydroxylation sites is 1. The SMILES string of the molecule is Cc1cc(C2(c3cc(C)c(O)c(C)c3)C(=O)N(Cc3ccc(F)cc3)c3ccccc32)cc(C)c1O. The molecule has 0 radical (unpaired) electrons. The summed E-state index contributed by atoms with van der Waals surface area (Å²) in [6, 6.07) is 21.4. The molecule has 1 amide bonds. The number of fused-ring (bicyclic) bond motifs is 1. The Morgan fingerprint density at radius 2 is 1.22 bits per heavy atom. The lowest BCUT2D eigenvalue weighted by Gasteiger charge is -2.32. The van der Waals surface area contributed by atoms with Crippen molar-refractivity contribution in [3.8, 4) is 11.5 Å². The highest BCUT2D eigenvalue weighted by atomic mass is 19.1. The molecular formula is C31H28FNO3. The van der Waals surface area contributed by atoms with Gasteiger partial charge in [0.05, 0.1) is 6.54 Å². The lowest BCUT2D eigenvalue weighted by Crippen LogP contribution is -2.42. The molecule has 2 N–H and O–H groups in total.